The van der Waals surface area contributed by atoms with Gasteiger partial charge in [0.1, 0.15) is 0 Å². The number of benzene rings is 1. The molecule has 0 amide bonds. The molecule has 0 aliphatic heterocycles. The monoisotopic (exact) mass is 298 g/mol. The average molecular weight is 299 g/mol. The summed E-state index contributed by atoms with van der Waals surface area (Å²) in [5.74, 6) is 0. The maximum atomic E-state index is 5.88. The third kappa shape index (κ3) is 3.06. The Morgan fingerprint density at radius 3 is 2.52 bits per heavy atom. The number of hydrogen-bond acceptors (Lipinski definition) is 3. The molecule has 0 aliphatic rings. The Hall–Kier alpha value is -2.33. The predicted octanol–water partition coefficient (Wildman–Crippen LogP) is 4.05. The normalized spacial score (nSPS) is 10.6. The molecular formula is C16H15ClN4. The van der Waals surface area contributed by atoms with Gasteiger partial charge in [-0.25, -0.2) is 0 Å². The van der Waals surface area contributed by atoms with Gasteiger partial charge >= 0.3 is 0 Å². The van der Waals surface area contributed by atoms with Crippen molar-refractivity contribution in [1.82, 2.24) is 15.2 Å². The molecule has 106 valence electrons. The van der Waals surface area contributed by atoms with Gasteiger partial charge in [0, 0.05) is 28.7 Å². The molecule has 2 N–H and O–H groups in total. The van der Waals surface area contributed by atoms with E-state index in [-0.39, 0.29) is 0 Å². The molecule has 0 unspecified atom stereocenters. The van der Waals surface area contributed by atoms with Gasteiger partial charge in [-0.15, -0.1) is 0 Å². The van der Waals surface area contributed by atoms with Gasteiger partial charge in [-0.3, -0.25) is 10.1 Å². The maximum Gasteiger partial charge on any atom is 0.0954 e. The SMILES string of the molecule is Cc1c(-c2ccncc2)n[nH]c1CNc1ccc(Cl)cc1. The Labute approximate surface area is 128 Å². The van der Waals surface area contributed by atoms with Crippen molar-refractivity contribution in [2.75, 3.05) is 5.32 Å². The molecule has 0 spiro atoms. The highest BCUT2D eigenvalue weighted by Crippen LogP contribution is 2.23. The number of nitrogens with zero attached hydrogens (tertiary/aromatic N) is 2. The lowest BCUT2D eigenvalue weighted by atomic mass is 10.1. The van der Waals surface area contributed by atoms with E-state index in [0.717, 1.165) is 33.2 Å². The van der Waals surface area contributed by atoms with Crippen LogP contribution in [0.25, 0.3) is 11.3 Å². The molecule has 0 aliphatic carbocycles. The van der Waals surface area contributed by atoms with Gasteiger partial charge in [0.2, 0.25) is 0 Å². The van der Waals surface area contributed by atoms with E-state index in [1.165, 1.54) is 0 Å². The van der Waals surface area contributed by atoms with Crippen molar-refractivity contribution in [2.24, 2.45) is 0 Å². The Morgan fingerprint density at radius 1 is 1.10 bits per heavy atom. The number of aromatic amines is 1. The van der Waals surface area contributed by atoms with E-state index in [1.54, 1.807) is 12.4 Å². The van der Waals surface area contributed by atoms with Gasteiger partial charge in [-0.2, -0.15) is 5.10 Å². The summed E-state index contributed by atoms with van der Waals surface area (Å²) >= 11 is 5.88. The smallest absolute Gasteiger partial charge is 0.0954 e. The Kier molecular flexibility index (Phi) is 3.88. The first-order valence-electron chi connectivity index (χ1n) is 6.68. The lowest BCUT2D eigenvalue weighted by molar-refractivity contribution is 0.977. The van der Waals surface area contributed by atoms with Crippen LogP contribution in [0.15, 0.2) is 48.8 Å². The summed E-state index contributed by atoms with van der Waals surface area (Å²) in [5.41, 5.74) is 5.26. The molecule has 2 heterocycles. The summed E-state index contributed by atoms with van der Waals surface area (Å²) < 4.78 is 0. The number of rotatable bonds is 4. The first-order valence-corrected chi connectivity index (χ1v) is 7.05. The van der Waals surface area contributed by atoms with Crippen molar-refractivity contribution in [3.8, 4) is 11.3 Å². The Morgan fingerprint density at radius 2 is 1.81 bits per heavy atom. The maximum absolute atomic E-state index is 5.88. The molecule has 4 nitrogen and oxygen atoms in total. The molecule has 0 fully saturated rings. The minimum Gasteiger partial charge on any atom is -0.379 e. The summed E-state index contributed by atoms with van der Waals surface area (Å²) in [6, 6.07) is 11.6. The number of nitrogens with one attached hydrogen (secondary N) is 2. The number of aromatic nitrogens is 3. The van der Waals surface area contributed by atoms with Crippen LogP contribution < -0.4 is 5.32 Å². The van der Waals surface area contributed by atoms with Crippen LogP contribution in [0.4, 0.5) is 5.69 Å². The molecule has 0 radical (unpaired) electrons. The minimum absolute atomic E-state index is 0.686. The topological polar surface area (TPSA) is 53.6 Å². The molecule has 3 aromatic rings. The van der Waals surface area contributed by atoms with Gasteiger partial charge in [0.15, 0.2) is 0 Å². The lowest BCUT2D eigenvalue weighted by Gasteiger charge is -2.06. The summed E-state index contributed by atoms with van der Waals surface area (Å²) in [7, 11) is 0. The fraction of sp³-hybridized carbons (Fsp3) is 0.125. The summed E-state index contributed by atoms with van der Waals surface area (Å²) in [5, 5.41) is 11.6. The molecule has 0 bridgehead atoms. The van der Waals surface area contributed by atoms with E-state index in [0.29, 0.717) is 6.54 Å². The van der Waals surface area contributed by atoms with E-state index >= 15 is 0 Å². The second-order valence-electron chi connectivity index (χ2n) is 4.77. The van der Waals surface area contributed by atoms with E-state index in [9.17, 15) is 0 Å². The van der Waals surface area contributed by atoms with Crippen molar-refractivity contribution < 1.29 is 0 Å². The molecule has 0 saturated carbocycles. The first kappa shape index (κ1) is 13.6. The first-order chi connectivity index (χ1) is 10.2. The third-order valence-corrected chi connectivity index (χ3v) is 3.63. The predicted molar refractivity (Wildman–Crippen MR) is 85.3 cm³/mol. The van der Waals surface area contributed by atoms with Crippen LogP contribution in [0.3, 0.4) is 0 Å². The summed E-state index contributed by atoms with van der Waals surface area (Å²) in [4.78, 5) is 4.03. The third-order valence-electron chi connectivity index (χ3n) is 3.38. The highest BCUT2D eigenvalue weighted by molar-refractivity contribution is 6.30. The van der Waals surface area contributed by atoms with Gasteiger partial charge in [0.25, 0.3) is 0 Å². The van der Waals surface area contributed by atoms with Crippen LogP contribution >= 0.6 is 11.6 Å². The van der Waals surface area contributed by atoms with Crippen LogP contribution in [-0.4, -0.2) is 15.2 Å². The number of pyridine rings is 1. The summed E-state index contributed by atoms with van der Waals surface area (Å²) in [6.07, 6.45) is 3.55. The van der Waals surface area contributed by atoms with Crippen LogP contribution in [0.1, 0.15) is 11.3 Å². The second-order valence-corrected chi connectivity index (χ2v) is 5.21. The Balaban J connectivity index is 1.75. The van der Waals surface area contributed by atoms with Crippen molar-refractivity contribution in [1.29, 1.82) is 0 Å². The minimum atomic E-state index is 0.686. The largest absolute Gasteiger partial charge is 0.379 e. The average Bonchev–Trinajstić information content (AvgIpc) is 2.89. The number of H-pyrrole nitrogens is 1. The number of halogens is 1. The van der Waals surface area contributed by atoms with E-state index < -0.39 is 0 Å². The van der Waals surface area contributed by atoms with Crippen LogP contribution in [-0.2, 0) is 6.54 Å². The zero-order valence-corrected chi connectivity index (χ0v) is 12.4. The Bertz CT molecular complexity index is 720. The fourth-order valence-corrected chi connectivity index (χ4v) is 2.28. The fourth-order valence-electron chi connectivity index (χ4n) is 2.16. The molecular weight excluding hydrogens is 284 g/mol. The van der Waals surface area contributed by atoms with Gasteiger partial charge in [-0.05, 0) is 48.9 Å². The van der Waals surface area contributed by atoms with Crippen LogP contribution in [0.2, 0.25) is 5.02 Å². The zero-order chi connectivity index (χ0) is 14.7. The van der Waals surface area contributed by atoms with Crippen molar-refractivity contribution in [3.05, 3.63) is 65.1 Å². The van der Waals surface area contributed by atoms with Gasteiger partial charge < -0.3 is 5.32 Å². The number of anilines is 1. The lowest BCUT2D eigenvalue weighted by Crippen LogP contribution is -2.01. The van der Waals surface area contributed by atoms with E-state index in [4.69, 9.17) is 11.6 Å². The molecule has 2 aromatic heterocycles. The highest BCUT2D eigenvalue weighted by Gasteiger charge is 2.10. The molecule has 0 saturated heterocycles. The number of hydrogen-bond donors (Lipinski definition) is 2. The molecule has 21 heavy (non-hydrogen) atoms. The zero-order valence-electron chi connectivity index (χ0n) is 11.6. The van der Waals surface area contributed by atoms with Crippen LogP contribution in [0, 0.1) is 6.92 Å². The van der Waals surface area contributed by atoms with Gasteiger partial charge in [-0.1, -0.05) is 11.6 Å². The standard InChI is InChI=1S/C16H15ClN4/c1-11-15(10-19-14-4-2-13(17)3-5-14)20-21-16(11)12-6-8-18-9-7-12/h2-9,19H,10H2,1H3,(H,20,21). The molecule has 1 aromatic carbocycles. The van der Waals surface area contributed by atoms with Crippen molar-refractivity contribution >= 4 is 17.3 Å². The van der Waals surface area contributed by atoms with Crippen molar-refractivity contribution in [2.45, 2.75) is 13.5 Å². The van der Waals surface area contributed by atoms with Crippen molar-refractivity contribution in [3.63, 3.8) is 0 Å². The van der Waals surface area contributed by atoms with Gasteiger partial charge in [0.05, 0.1) is 17.9 Å². The highest BCUT2D eigenvalue weighted by atomic mass is 35.5. The van der Waals surface area contributed by atoms with E-state index in [2.05, 4.69) is 27.4 Å². The molecule has 3 rings (SSSR count). The summed E-state index contributed by atoms with van der Waals surface area (Å²) in [6.45, 7) is 2.75. The quantitative estimate of drug-likeness (QED) is 0.764. The van der Waals surface area contributed by atoms with Crippen LogP contribution in [0.5, 0.6) is 0 Å². The molecule has 0 atom stereocenters. The second kappa shape index (κ2) is 5.97. The van der Waals surface area contributed by atoms with E-state index in [1.807, 2.05) is 36.4 Å². The molecule has 5 heteroatoms.